The Morgan fingerprint density at radius 3 is 2.55 bits per heavy atom. The fraction of sp³-hybridized carbons (Fsp3) is 0.500. The van der Waals surface area contributed by atoms with Gasteiger partial charge in [-0.1, -0.05) is 35.1 Å². The molecule has 0 amide bonds. The molecule has 1 aliphatic rings. The number of aliphatic hydroxyl groups is 3. The van der Waals surface area contributed by atoms with E-state index in [9.17, 15) is 15.3 Å². The minimum absolute atomic E-state index is 0.424. The lowest BCUT2D eigenvalue weighted by Crippen LogP contribution is -2.56. The third-order valence-corrected chi connectivity index (χ3v) is 4.20. The van der Waals surface area contributed by atoms with Crippen molar-refractivity contribution in [2.24, 2.45) is 5.11 Å². The van der Waals surface area contributed by atoms with E-state index in [0.29, 0.717) is 0 Å². The fourth-order valence-electron chi connectivity index (χ4n) is 1.98. The van der Waals surface area contributed by atoms with Gasteiger partial charge in [-0.2, -0.15) is 0 Å². The van der Waals surface area contributed by atoms with Crippen molar-refractivity contribution < 1.29 is 20.1 Å². The Morgan fingerprint density at radius 2 is 1.95 bits per heavy atom. The van der Waals surface area contributed by atoms with Gasteiger partial charge in [0, 0.05) is 9.81 Å². The number of azide groups is 1. The van der Waals surface area contributed by atoms with E-state index in [1.807, 2.05) is 30.3 Å². The second-order valence-electron chi connectivity index (χ2n) is 4.33. The molecule has 1 aromatic rings. The van der Waals surface area contributed by atoms with Crippen LogP contribution in [0.15, 0.2) is 40.3 Å². The van der Waals surface area contributed by atoms with Crippen molar-refractivity contribution in [1.82, 2.24) is 0 Å². The molecule has 1 aromatic carbocycles. The number of rotatable bonds is 4. The van der Waals surface area contributed by atoms with Gasteiger partial charge in [-0.3, -0.25) is 0 Å². The molecule has 2 rings (SSSR count). The first-order valence-corrected chi connectivity index (χ1v) is 6.93. The highest BCUT2D eigenvalue weighted by Crippen LogP contribution is 2.34. The predicted octanol–water partition coefficient (Wildman–Crippen LogP) is 0.897. The highest BCUT2D eigenvalue weighted by atomic mass is 32.2. The van der Waals surface area contributed by atoms with Crippen LogP contribution in [0, 0.1) is 0 Å². The number of benzene rings is 1. The van der Waals surface area contributed by atoms with Crippen LogP contribution >= 0.6 is 11.8 Å². The van der Waals surface area contributed by atoms with Crippen LogP contribution in [-0.2, 0) is 4.74 Å². The standard InChI is InChI=1S/C12H15N3O4S/c13-15-14-9-11(18)10(17)8(6-16)19-12(9)20-7-4-2-1-3-5-7/h1-5,8-12,16-18H,6H2/t8-,9+,10-,11-,12-/m1/s1. The van der Waals surface area contributed by atoms with Crippen LogP contribution in [0.3, 0.4) is 0 Å². The second kappa shape index (κ2) is 6.94. The number of hydrogen-bond acceptors (Lipinski definition) is 6. The van der Waals surface area contributed by atoms with Crippen LogP contribution in [0.1, 0.15) is 0 Å². The van der Waals surface area contributed by atoms with E-state index < -0.39 is 36.4 Å². The summed E-state index contributed by atoms with van der Waals surface area (Å²) in [5.74, 6) is 0. The topological polar surface area (TPSA) is 119 Å². The van der Waals surface area contributed by atoms with Gasteiger partial charge in [0.25, 0.3) is 0 Å². The molecule has 5 atom stereocenters. The largest absolute Gasteiger partial charge is 0.394 e. The van der Waals surface area contributed by atoms with Crippen LogP contribution in [0.4, 0.5) is 0 Å². The van der Waals surface area contributed by atoms with E-state index in [1.165, 1.54) is 11.8 Å². The van der Waals surface area contributed by atoms with E-state index in [1.54, 1.807) is 0 Å². The van der Waals surface area contributed by atoms with Crippen molar-refractivity contribution in [3.05, 3.63) is 40.8 Å². The van der Waals surface area contributed by atoms with Gasteiger partial charge in [-0.15, -0.1) is 0 Å². The monoisotopic (exact) mass is 297 g/mol. The molecule has 3 N–H and O–H groups in total. The number of aliphatic hydroxyl groups excluding tert-OH is 3. The molecule has 0 unspecified atom stereocenters. The summed E-state index contributed by atoms with van der Waals surface area (Å²) in [6.45, 7) is -0.424. The molecular weight excluding hydrogens is 282 g/mol. The molecule has 1 fully saturated rings. The van der Waals surface area contributed by atoms with Crippen LogP contribution in [0.2, 0.25) is 0 Å². The summed E-state index contributed by atoms with van der Waals surface area (Å²) in [5.41, 5.74) is 7.90. The lowest BCUT2D eigenvalue weighted by Gasteiger charge is -2.40. The van der Waals surface area contributed by atoms with Gasteiger partial charge in [0.2, 0.25) is 0 Å². The molecule has 7 nitrogen and oxygen atoms in total. The van der Waals surface area contributed by atoms with E-state index in [2.05, 4.69) is 10.0 Å². The quantitative estimate of drug-likeness (QED) is 0.433. The average Bonchev–Trinajstić information content (AvgIpc) is 2.47. The summed E-state index contributed by atoms with van der Waals surface area (Å²) in [5, 5.41) is 32.5. The maximum absolute atomic E-state index is 10.00. The zero-order valence-corrected chi connectivity index (χ0v) is 11.3. The molecule has 0 radical (unpaired) electrons. The Bertz CT molecular complexity index is 483. The van der Waals surface area contributed by atoms with Crippen LogP contribution < -0.4 is 0 Å². The van der Waals surface area contributed by atoms with Gasteiger partial charge < -0.3 is 20.1 Å². The molecular formula is C12H15N3O4S. The van der Waals surface area contributed by atoms with E-state index in [0.717, 1.165) is 4.90 Å². The predicted molar refractivity (Wildman–Crippen MR) is 73.0 cm³/mol. The summed E-state index contributed by atoms with van der Waals surface area (Å²) in [6, 6.07) is 8.35. The molecule has 0 aliphatic carbocycles. The molecule has 108 valence electrons. The molecule has 0 spiro atoms. The van der Waals surface area contributed by atoms with E-state index in [-0.39, 0.29) is 0 Å². The van der Waals surface area contributed by atoms with Crippen molar-refractivity contribution in [3.8, 4) is 0 Å². The Morgan fingerprint density at radius 1 is 1.25 bits per heavy atom. The molecule has 20 heavy (non-hydrogen) atoms. The first-order valence-electron chi connectivity index (χ1n) is 6.05. The van der Waals surface area contributed by atoms with E-state index in [4.69, 9.17) is 10.3 Å². The van der Waals surface area contributed by atoms with E-state index >= 15 is 0 Å². The smallest absolute Gasteiger partial charge is 0.119 e. The van der Waals surface area contributed by atoms with Gasteiger partial charge in [-0.25, -0.2) is 0 Å². The first-order chi connectivity index (χ1) is 9.67. The first kappa shape index (κ1) is 15.1. The van der Waals surface area contributed by atoms with Crippen molar-refractivity contribution in [2.75, 3.05) is 6.61 Å². The van der Waals surface area contributed by atoms with Crippen molar-refractivity contribution >= 4 is 11.8 Å². The molecule has 0 aromatic heterocycles. The normalized spacial score (nSPS) is 33.5. The maximum Gasteiger partial charge on any atom is 0.119 e. The summed E-state index contributed by atoms with van der Waals surface area (Å²) >= 11 is 1.27. The lowest BCUT2D eigenvalue weighted by molar-refractivity contribution is -0.165. The molecule has 1 saturated heterocycles. The highest BCUT2D eigenvalue weighted by Gasteiger charge is 2.44. The number of thioether (sulfide) groups is 1. The molecule has 0 saturated carbocycles. The Kier molecular flexibility index (Phi) is 5.24. The number of hydrogen-bond donors (Lipinski definition) is 3. The average molecular weight is 297 g/mol. The summed E-state index contributed by atoms with van der Waals surface area (Å²) in [6.07, 6.45) is -3.47. The summed E-state index contributed by atoms with van der Waals surface area (Å²) in [4.78, 5) is 3.56. The molecule has 1 heterocycles. The van der Waals surface area contributed by atoms with Crippen molar-refractivity contribution in [1.29, 1.82) is 0 Å². The van der Waals surface area contributed by atoms with Crippen LogP contribution in [0.25, 0.3) is 10.4 Å². The minimum atomic E-state index is -1.29. The van der Waals surface area contributed by atoms with Gasteiger partial charge >= 0.3 is 0 Å². The maximum atomic E-state index is 10.00. The third-order valence-electron chi connectivity index (χ3n) is 3.03. The fourth-order valence-corrected chi connectivity index (χ4v) is 3.12. The van der Waals surface area contributed by atoms with Gasteiger partial charge in [0.15, 0.2) is 0 Å². The van der Waals surface area contributed by atoms with Crippen LogP contribution in [-0.4, -0.2) is 51.7 Å². The molecule has 1 aliphatic heterocycles. The van der Waals surface area contributed by atoms with Crippen molar-refractivity contribution in [2.45, 2.75) is 34.7 Å². The SMILES string of the molecule is [N-]=[N+]=N[C@H]1[C@@H](O)[C@H](O)[C@@H](CO)O[C@@H]1Sc1ccccc1. The highest BCUT2D eigenvalue weighted by molar-refractivity contribution is 7.99. The number of ether oxygens (including phenoxy) is 1. The lowest BCUT2D eigenvalue weighted by atomic mass is 9.99. The summed E-state index contributed by atoms with van der Waals surface area (Å²) in [7, 11) is 0. The van der Waals surface area contributed by atoms with Gasteiger partial charge in [0.1, 0.15) is 23.7 Å². The van der Waals surface area contributed by atoms with Crippen molar-refractivity contribution in [3.63, 3.8) is 0 Å². The molecule has 8 heteroatoms. The third kappa shape index (κ3) is 3.24. The Labute approximate surface area is 119 Å². The minimum Gasteiger partial charge on any atom is -0.394 e. The Balaban J connectivity index is 2.20. The molecule has 0 bridgehead atoms. The summed E-state index contributed by atoms with van der Waals surface area (Å²) < 4.78 is 5.53. The Hall–Kier alpha value is -1.28. The van der Waals surface area contributed by atoms with Gasteiger partial charge in [0.05, 0.1) is 12.7 Å². The van der Waals surface area contributed by atoms with Crippen LogP contribution in [0.5, 0.6) is 0 Å². The van der Waals surface area contributed by atoms with Gasteiger partial charge in [-0.05, 0) is 17.7 Å². The number of nitrogens with zero attached hydrogens (tertiary/aromatic N) is 3. The zero-order valence-electron chi connectivity index (χ0n) is 10.5. The second-order valence-corrected chi connectivity index (χ2v) is 5.50. The zero-order chi connectivity index (χ0) is 14.5.